The SMILES string of the molecule is CC(C)(C)O[C@@H](CN)C(=O)O. The maximum absolute atomic E-state index is 10.4. The van der Waals surface area contributed by atoms with E-state index in [1.54, 1.807) is 20.8 Å². The Bertz CT molecular complexity index is 139. The minimum absolute atomic E-state index is 0.00655. The van der Waals surface area contributed by atoms with E-state index in [4.69, 9.17) is 15.6 Å². The molecule has 0 aliphatic rings. The second-order valence-electron chi connectivity index (χ2n) is 3.29. The van der Waals surface area contributed by atoms with Crippen molar-refractivity contribution in [3.63, 3.8) is 0 Å². The Labute approximate surface area is 66.3 Å². The number of carboxylic acid groups (broad SMARTS) is 1. The monoisotopic (exact) mass is 161 g/mol. The largest absolute Gasteiger partial charge is 0.479 e. The van der Waals surface area contributed by atoms with Gasteiger partial charge in [-0.15, -0.1) is 0 Å². The summed E-state index contributed by atoms with van der Waals surface area (Å²) in [5, 5.41) is 8.53. The smallest absolute Gasteiger partial charge is 0.334 e. The van der Waals surface area contributed by atoms with Crippen molar-refractivity contribution in [3.05, 3.63) is 0 Å². The zero-order chi connectivity index (χ0) is 9.07. The van der Waals surface area contributed by atoms with Crippen molar-refractivity contribution in [2.24, 2.45) is 5.73 Å². The van der Waals surface area contributed by atoms with Crippen molar-refractivity contribution in [1.29, 1.82) is 0 Å². The van der Waals surface area contributed by atoms with Crippen LogP contribution in [0.3, 0.4) is 0 Å². The molecule has 0 heterocycles. The molecule has 0 unspecified atom stereocenters. The van der Waals surface area contributed by atoms with Crippen molar-refractivity contribution >= 4 is 5.97 Å². The van der Waals surface area contributed by atoms with Crippen LogP contribution >= 0.6 is 0 Å². The van der Waals surface area contributed by atoms with Gasteiger partial charge in [0.05, 0.1) is 5.60 Å². The molecule has 4 heteroatoms. The van der Waals surface area contributed by atoms with Gasteiger partial charge in [0, 0.05) is 6.54 Å². The lowest BCUT2D eigenvalue weighted by atomic mass is 10.2. The van der Waals surface area contributed by atoms with Gasteiger partial charge in [-0.2, -0.15) is 0 Å². The first kappa shape index (κ1) is 10.4. The fourth-order valence-electron chi connectivity index (χ4n) is 0.626. The Morgan fingerprint density at radius 1 is 1.64 bits per heavy atom. The van der Waals surface area contributed by atoms with E-state index in [2.05, 4.69) is 0 Å². The highest BCUT2D eigenvalue weighted by Crippen LogP contribution is 2.09. The van der Waals surface area contributed by atoms with Crippen LogP contribution in [0.15, 0.2) is 0 Å². The molecule has 0 amide bonds. The lowest BCUT2D eigenvalue weighted by Crippen LogP contribution is -2.38. The molecular weight excluding hydrogens is 146 g/mol. The number of hydrogen-bond donors (Lipinski definition) is 2. The number of carboxylic acids is 1. The van der Waals surface area contributed by atoms with E-state index in [1.165, 1.54) is 0 Å². The van der Waals surface area contributed by atoms with Gasteiger partial charge in [0.25, 0.3) is 0 Å². The zero-order valence-electron chi connectivity index (χ0n) is 7.13. The van der Waals surface area contributed by atoms with Gasteiger partial charge in [-0.1, -0.05) is 0 Å². The van der Waals surface area contributed by atoms with Crippen LogP contribution in [-0.2, 0) is 9.53 Å². The predicted molar refractivity (Wildman–Crippen MR) is 41.3 cm³/mol. The fourth-order valence-corrected chi connectivity index (χ4v) is 0.626. The molecule has 0 spiro atoms. The summed E-state index contributed by atoms with van der Waals surface area (Å²) in [6.45, 7) is 5.38. The number of aliphatic carboxylic acids is 1. The topological polar surface area (TPSA) is 72.5 Å². The molecule has 0 aliphatic heterocycles. The van der Waals surface area contributed by atoms with Crippen molar-refractivity contribution in [3.8, 4) is 0 Å². The van der Waals surface area contributed by atoms with Crippen molar-refractivity contribution in [2.45, 2.75) is 32.5 Å². The van der Waals surface area contributed by atoms with Gasteiger partial charge in [0.2, 0.25) is 0 Å². The van der Waals surface area contributed by atoms with Gasteiger partial charge < -0.3 is 15.6 Å². The molecule has 0 aromatic rings. The number of ether oxygens (including phenoxy) is 1. The van der Waals surface area contributed by atoms with Crippen molar-refractivity contribution < 1.29 is 14.6 Å². The van der Waals surface area contributed by atoms with Gasteiger partial charge in [-0.05, 0) is 20.8 Å². The minimum Gasteiger partial charge on any atom is -0.479 e. The Morgan fingerprint density at radius 2 is 2.09 bits per heavy atom. The van der Waals surface area contributed by atoms with Crippen LogP contribution < -0.4 is 5.73 Å². The van der Waals surface area contributed by atoms with Gasteiger partial charge in [-0.3, -0.25) is 0 Å². The molecular formula is C7H15NO3. The van der Waals surface area contributed by atoms with Crippen LogP contribution in [0.5, 0.6) is 0 Å². The number of nitrogens with two attached hydrogens (primary N) is 1. The fraction of sp³-hybridized carbons (Fsp3) is 0.857. The van der Waals surface area contributed by atoms with E-state index in [1.807, 2.05) is 0 Å². The van der Waals surface area contributed by atoms with Crippen molar-refractivity contribution in [1.82, 2.24) is 0 Å². The summed E-state index contributed by atoms with van der Waals surface area (Å²) < 4.78 is 5.12. The second-order valence-corrected chi connectivity index (χ2v) is 3.29. The summed E-state index contributed by atoms with van der Waals surface area (Å²) in [4.78, 5) is 10.4. The molecule has 11 heavy (non-hydrogen) atoms. The lowest BCUT2D eigenvalue weighted by molar-refractivity contribution is -0.158. The van der Waals surface area contributed by atoms with Crippen LogP contribution in [0.2, 0.25) is 0 Å². The van der Waals surface area contributed by atoms with E-state index in [0.29, 0.717) is 0 Å². The number of hydrogen-bond acceptors (Lipinski definition) is 3. The average molecular weight is 161 g/mol. The first-order chi connectivity index (χ1) is 4.87. The number of rotatable bonds is 3. The highest BCUT2D eigenvalue weighted by atomic mass is 16.5. The average Bonchev–Trinajstić information content (AvgIpc) is 1.80. The van der Waals surface area contributed by atoms with E-state index >= 15 is 0 Å². The maximum atomic E-state index is 10.4. The molecule has 1 atom stereocenters. The first-order valence-corrected chi connectivity index (χ1v) is 3.47. The summed E-state index contributed by atoms with van der Waals surface area (Å²) in [6, 6.07) is 0. The van der Waals surface area contributed by atoms with E-state index in [-0.39, 0.29) is 6.54 Å². The molecule has 0 aromatic heterocycles. The van der Waals surface area contributed by atoms with Crippen LogP contribution in [-0.4, -0.2) is 29.3 Å². The van der Waals surface area contributed by atoms with Crippen molar-refractivity contribution in [2.75, 3.05) is 6.54 Å². The highest BCUT2D eigenvalue weighted by molar-refractivity contribution is 5.72. The molecule has 0 radical (unpaired) electrons. The molecule has 4 nitrogen and oxygen atoms in total. The molecule has 0 rings (SSSR count). The van der Waals surface area contributed by atoms with Crippen LogP contribution in [0.25, 0.3) is 0 Å². The summed E-state index contributed by atoms with van der Waals surface area (Å²) in [5.74, 6) is -1.01. The summed E-state index contributed by atoms with van der Waals surface area (Å²) in [7, 11) is 0. The highest BCUT2D eigenvalue weighted by Gasteiger charge is 2.22. The van der Waals surface area contributed by atoms with Crippen LogP contribution in [0.4, 0.5) is 0 Å². The van der Waals surface area contributed by atoms with E-state index < -0.39 is 17.7 Å². The Hall–Kier alpha value is -0.610. The lowest BCUT2D eigenvalue weighted by Gasteiger charge is -2.23. The van der Waals surface area contributed by atoms with Gasteiger partial charge in [-0.25, -0.2) is 4.79 Å². The summed E-state index contributed by atoms with van der Waals surface area (Å²) >= 11 is 0. The molecule has 0 bridgehead atoms. The molecule has 0 saturated heterocycles. The Kier molecular flexibility index (Phi) is 3.48. The quantitative estimate of drug-likeness (QED) is 0.620. The minimum atomic E-state index is -1.01. The molecule has 0 fully saturated rings. The third-order valence-electron chi connectivity index (χ3n) is 0.985. The Balaban J connectivity index is 3.99. The summed E-state index contributed by atoms with van der Waals surface area (Å²) in [5.41, 5.74) is 4.72. The molecule has 0 aromatic carbocycles. The van der Waals surface area contributed by atoms with Gasteiger partial charge in [0.15, 0.2) is 6.10 Å². The standard InChI is InChI=1S/C7H15NO3/c1-7(2,3)11-5(4-8)6(9)10/h5H,4,8H2,1-3H3,(H,9,10)/t5-/m0/s1. The predicted octanol–water partition coefficient (Wildman–Crippen LogP) is 0.213. The Morgan fingerprint density at radius 3 is 2.18 bits per heavy atom. The third kappa shape index (κ3) is 4.75. The van der Waals surface area contributed by atoms with E-state index in [9.17, 15) is 4.79 Å². The number of carbonyl (C=O) groups is 1. The van der Waals surface area contributed by atoms with E-state index in [0.717, 1.165) is 0 Å². The molecule has 0 aliphatic carbocycles. The normalized spacial score (nSPS) is 14.5. The molecule has 0 saturated carbocycles. The molecule has 66 valence electrons. The zero-order valence-corrected chi connectivity index (χ0v) is 7.13. The second kappa shape index (κ2) is 3.69. The summed E-state index contributed by atoms with van der Waals surface area (Å²) in [6.07, 6.45) is -0.894. The van der Waals surface area contributed by atoms with Gasteiger partial charge >= 0.3 is 5.97 Å². The van der Waals surface area contributed by atoms with Crippen LogP contribution in [0, 0.1) is 0 Å². The molecule has 3 N–H and O–H groups in total. The van der Waals surface area contributed by atoms with Gasteiger partial charge in [0.1, 0.15) is 0 Å². The maximum Gasteiger partial charge on any atom is 0.334 e. The van der Waals surface area contributed by atoms with Crippen LogP contribution in [0.1, 0.15) is 20.8 Å². The first-order valence-electron chi connectivity index (χ1n) is 3.47. The third-order valence-corrected chi connectivity index (χ3v) is 0.985.